The standard InChI is InChI=1S/C19H35NO7S/c1-2-3-4-5-6-7-8-9-10-11-12-28(25,26)18-17(23)16(22)15(21)14-13-27-19(24)20(14)18/h14-18,21-23H,2-13H2,1H3/t14-,15+,16+,17-,18-/m1/s1. The Morgan fingerprint density at radius 2 is 1.43 bits per heavy atom. The SMILES string of the molecule is CCCCCCCCCCCCS(=O)(=O)[C@@H]1[C@H](O)[C@@H](O)[C@@H](O)[C@H]2COC(=O)N21. The molecule has 0 aromatic rings. The molecule has 2 fully saturated rings. The minimum Gasteiger partial charge on any atom is -0.447 e. The average molecular weight is 422 g/mol. The van der Waals surface area contributed by atoms with Crippen LogP contribution in [0.25, 0.3) is 0 Å². The Kier molecular flexibility index (Phi) is 8.98. The van der Waals surface area contributed by atoms with Crippen LogP contribution in [-0.4, -0.2) is 76.8 Å². The second kappa shape index (κ2) is 10.8. The number of rotatable bonds is 12. The first-order chi connectivity index (χ1) is 13.3. The number of unbranched alkanes of at least 4 members (excludes halogenated alkanes) is 9. The molecule has 0 saturated carbocycles. The zero-order valence-electron chi connectivity index (χ0n) is 16.7. The summed E-state index contributed by atoms with van der Waals surface area (Å²) in [6.45, 7) is 1.99. The number of aliphatic hydroxyl groups excluding tert-OH is 3. The molecular weight excluding hydrogens is 386 g/mol. The summed E-state index contributed by atoms with van der Waals surface area (Å²) < 4.78 is 30.4. The third-order valence-electron chi connectivity index (χ3n) is 5.76. The van der Waals surface area contributed by atoms with Gasteiger partial charge in [-0.25, -0.2) is 13.2 Å². The van der Waals surface area contributed by atoms with Gasteiger partial charge in [-0.1, -0.05) is 64.7 Å². The number of hydrogen-bond acceptors (Lipinski definition) is 7. The highest BCUT2D eigenvalue weighted by molar-refractivity contribution is 7.92. The summed E-state index contributed by atoms with van der Waals surface area (Å²) in [6.07, 6.45) is 4.92. The second-order valence-corrected chi connectivity index (χ2v) is 10.2. The van der Waals surface area contributed by atoms with Gasteiger partial charge in [0.15, 0.2) is 15.2 Å². The molecule has 9 heteroatoms. The van der Waals surface area contributed by atoms with Gasteiger partial charge in [0.1, 0.15) is 24.9 Å². The monoisotopic (exact) mass is 421 g/mol. The van der Waals surface area contributed by atoms with E-state index in [2.05, 4.69) is 6.92 Å². The van der Waals surface area contributed by atoms with Crippen molar-refractivity contribution >= 4 is 15.9 Å². The summed E-state index contributed by atoms with van der Waals surface area (Å²) >= 11 is 0. The molecule has 0 radical (unpaired) electrons. The lowest BCUT2D eigenvalue weighted by atomic mass is 9.95. The lowest BCUT2D eigenvalue weighted by molar-refractivity contribution is -0.126. The fraction of sp³-hybridized carbons (Fsp3) is 0.947. The number of piperidine rings is 1. The summed E-state index contributed by atoms with van der Waals surface area (Å²) in [7, 11) is -3.88. The van der Waals surface area contributed by atoms with E-state index in [4.69, 9.17) is 4.74 Å². The highest BCUT2D eigenvalue weighted by Crippen LogP contribution is 2.33. The molecule has 164 valence electrons. The van der Waals surface area contributed by atoms with Gasteiger partial charge in [0.25, 0.3) is 0 Å². The van der Waals surface area contributed by atoms with Gasteiger partial charge in [-0.3, -0.25) is 4.90 Å². The van der Waals surface area contributed by atoms with Crippen molar-refractivity contribution < 1.29 is 33.3 Å². The molecular formula is C19H35NO7S. The van der Waals surface area contributed by atoms with Crippen LogP contribution in [-0.2, 0) is 14.6 Å². The largest absolute Gasteiger partial charge is 0.447 e. The van der Waals surface area contributed by atoms with Crippen LogP contribution in [0.3, 0.4) is 0 Å². The highest BCUT2D eigenvalue weighted by atomic mass is 32.2. The van der Waals surface area contributed by atoms with Gasteiger partial charge in [-0.15, -0.1) is 0 Å². The Morgan fingerprint density at radius 1 is 0.893 bits per heavy atom. The van der Waals surface area contributed by atoms with Crippen molar-refractivity contribution in [2.24, 2.45) is 0 Å². The molecule has 2 aliphatic rings. The van der Waals surface area contributed by atoms with Gasteiger partial charge in [-0.05, 0) is 6.42 Å². The number of fused-ring (bicyclic) bond motifs is 1. The van der Waals surface area contributed by atoms with Crippen molar-refractivity contribution in [3.05, 3.63) is 0 Å². The number of hydrogen-bond donors (Lipinski definition) is 3. The number of nitrogens with zero attached hydrogens (tertiary/aromatic N) is 1. The third-order valence-corrected chi connectivity index (χ3v) is 7.86. The molecule has 3 N–H and O–H groups in total. The van der Waals surface area contributed by atoms with E-state index >= 15 is 0 Å². The molecule has 0 unspecified atom stereocenters. The summed E-state index contributed by atoms with van der Waals surface area (Å²) in [4.78, 5) is 12.8. The molecule has 28 heavy (non-hydrogen) atoms. The van der Waals surface area contributed by atoms with Crippen molar-refractivity contribution in [2.45, 2.75) is 101 Å². The van der Waals surface area contributed by atoms with Crippen LogP contribution in [0.5, 0.6) is 0 Å². The van der Waals surface area contributed by atoms with Gasteiger partial charge in [0.2, 0.25) is 0 Å². The predicted octanol–water partition coefficient (Wildman–Crippen LogP) is 1.57. The summed E-state index contributed by atoms with van der Waals surface area (Å²) in [5.74, 6) is -0.176. The molecule has 5 atom stereocenters. The van der Waals surface area contributed by atoms with Crippen LogP contribution < -0.4 is 0 Å². The zero-order chi connectivity index (χ0) is 20.7. The minimum absolute atomic E-state index is 0.176. The minimum atomic E-state index is -3.88. The van der Waals surface area contributed by atoms with Crippen molar-refractivity contribution in [2.75, 3.05) is 12.4 Å². The molecule has 2 aliphatic heterocycles. The van der Waals surface area contributed by atoms with Gasteiger partial charge < -0.3 is 20.1 Å². The van der Waals surface area contributed by atoms with E-state index in [-0.39, 0.29) is 12.4 Å². The maximum absolute atomic E-state index is 12.8. The Bertz CT molecular complexity index is 597. The maximum Gasteiger partial charge on any atom is 0.411 e. The first-order valence-corrected chi connectivity index (χ1v) is 12.2. The highest BCUT2D eigenvalue weighted by Gasteiger charge is 2.57. The van der Waals surface area contributed by atoms with E-state index < -0.39 is 45.7 Å². The number of cyclic esters (lactones) is 1. The van der Waals surface area contributed by atoms with Crippen molar-refractivity contribution in [1.29, 1.82) is 0 Å². The van der Waals surface area contributed by atoms with Crippen LogP contribution in [0.4, 0.5) is 4.79 Å². The molecule has 8 nitrogen and oxygen atoms in total. The molecule has 2 heterocycles. The summed E-state index contributed by atoms with van der Waals surface area (Å²) in [5.41, 5.74) is 0. The quantitative estimate of drug-likeness (QED) is 0.409. The normalized spacial score (nSPS) is 30.4. The van der Waals surface area contributed by atoms with Crippen LogP contribution in [0.1, 0.15) is 71.1 Å². The Hall–Kier alpha value is -0.900. The maximum atomic E-state index is 12.8. The Morgan fingerprint density at radius 3 is 2.00 bits per heavy atom. The van der Waals surface area contributed by atoms with E-state index in [1.807, 2.05) is 0 Å². The van der Waals surface area contributed by atoms with E-state index in [9.17, 15) is 28.5 Å². The van der Waals surface area contributed by atoms with Gasteiger partial charge in [0.05, 0.1) is 11.8 Å². The van der Waals surface area contributed by atoms with E-state index in [1.54, 1.807) is 0 Å². The Balaban J connectivity index is 1.79. The zero-order valence-corrected chi connectivity index (χ0v) is 17.5. The molecule has 1 amide bonds. The molecule has 0 spiro atoms. The van der Waals surface area contributed by atoms with Gasteiger partial charge >= 0.3 is 6.09 Å². The van der Waals surface area contributed by atoms with Crippen LogP contribution >= 0.6 is 0 Å². The van der Waals surface area contributed by atoms with Crippen molar-refractivity contribution in [3.8, 4) is 0 Å². The van der Waals surface area contributed by atoms with Crippen LogP contribution in [0.2, 0.25) is 0 Å². The van der Waals surface area contributed by atoms with Crippen LogP contribution in [0.15, 0.2) is 0 Å². The van der Waals surface area contributed by atoms with Gasteiger partial charge in [0, 0.05) is 0 Å². The molecule has 2 saturated heterocycles. The molecule has 0 aromatic heterocycles. The lowest BCUT2D eigenvalue weighted by Crippen LogP contribution is -2.67. The Labute approximate surface area is 167 Å². The summed E-state index contributed by atoms with van der Waals surface area (Å²) in [5, 5.41) is 28.7. The lowest BCUT2D eigenvalue weighted by Gasteiger charge is -2.43. The molecule has 0 aliphatic carbocycles. The van der Waals surface area contributed by atoms with E-state index in [0.717, 1.165) is 30.6 Å². The number of amides is 1. The van der Waals surface area contributed by atoms with Crippen molar-refractivity contribution in [3.63, 3.8) is 0 Å². The van der Waals surface area contributed by atoms with E-state index in [1.165, 1.54) is 32.1 Å². The third kappa shape index (κ3) is 5.58. The number of ether oxygens (including phenoxy) is 1. The molecule has 2 rings (SSSR count). The van der Waals surface area contributed by atoms with Crippen molar-refractivity contribution in [1.82, 2.24) is 4.90 Å². The predicted molar refractivity (Wildman–Crippen MR) is 104 cm³/mol. The second-order valence-electron chi connectivity index (χ2n) is 7.96. The number of aliphatic hydroxyl groups is 3. The van der Waals surface area contributed by atoms with E-state index in [0.29, 0.717) is 6.42 Å². The summed E-state index contributed by atoms with van der Waals surface area (Å²) in [6, 6.07) is -0.960. The molecule has 0 aromatic carbocycles. The topological polar surface area (TPSA) is 124 Å². The first kappa shape index (κ1) is 23.4. The van der Waals surface area contributed by atoms with Gasteiger partial charge in [-0.2, -0.15) is 0 Å². The fourth-order valence-electron chi connectivity index (χ4n) is 4.06. The number of carbonyl (C=O) groups excluding carboxylic acids is 1. The molecule has 0 bridgehead atoms. The fourth-order valence-corrected chi connectivity index (χ4v) is 6.08. The first-order valence-electron chi connectivity index (χ1n) is 10.5. The average Bonchev–Trinajstić information content (AvgIpc) is 3.02. The smallest absolute Gasteiger partial charge is 0.411 e. The number of carbonyl (C=O) groups is 1. The van der Waals surface area contributed by atoms with Crippen LogP contribution in [0, 0.1) is 0 Å². The number of sulfone groups is 1.